The molecule has 1 N–H and O–H groups in total. The predicted molar refractivity (Wildman–Crippen MR) is 146 cm³/mol. The average Bonchev–Trinajstić information content (AvgIpc) is 2.87. The summed E-state index contributed by atoms with van der Waals surface area (Å²) in [5.74, 6) is 0.940. The van der Waals surface area contributed by atoms with Crippen LogP contribution >= 0.6 is 0 Å². The molecule has 0 aromatic heterocycles. The van der Waals surface area contributed by atoms with Crippen molar-refractivity contribution in [1.29, 1.82) is 0 Å². The van der Waals surface area contributed by atoms with Crippen molar-refractivity contribution >= 4 is 18.7 Å². The molecule has 0 heterocycles. The van der Waals surface area contributed by atoms with E-state index in [1.54, 1.807) is 7.11 Å². The molecule has 0 unspecified atom stereocenters. The van der Waals surface area contributed by atoms with Crippen molar-refractivity contribution in [2.75, 3.05) is 20.3 Å². The average molecular weight is 493 g/mol. The van der Waals surface area contributed by atoms with Crippen molar-refractivity contribution in [2.45, 2.75) is 51.9 Å². The highest BCUT2D eigenvalue weighted by Gasteiger charge is 2.50. The summed E-state index contributed by atoms with van der Waals surface area (Å²) in [6.45, 7) is 10.1. The predicted octanol–water partition coefficient (Wildman–Crippen LogP) is 5.18. The lowest BCUT2D eigenvalue weighted by molar-refractivity contribution is -0.0212. The number of aliphatic hydroxyl groups excluding tert-OH is 1. The molecule has 2 atom stereocenters. The summed E-state index contributed by atoms with van der Waals surface area (Å²) in [4.78, 5) is 0. The van der Waals surface area contributed by atoms with Gasteiger partial charge in [-0.05, 0) is 39.5 Å². The largest absolute Gasteiger partial charge is 0.497 e. The summed E-state index contributed by atoms with van der Waals surface area (Å²) < 4.78 is 18.6. The first-order valence-electron chi connectivity index (χ1n) is 12.4. The Bertz CT molecular complexity index is 961. The van der Waals surface area contributed by atoms with Gasteiger partial charge >= 0.3 is 0 Å². The zero-order valence-electron chi connectivity index (χ0n) is 21.7. The zero-order valence-corrected chi connectivity index (χ0v) is 22.7. The number of methoxy groups -OCH3 is 1. The molecule has 0 saturated carbocycles. The molecule has 0 bridgehead atoms. The highest BCUT2D eigenvalue weighted by molar-refractivity contribution is 6.99. The van der Waals surface area contributed by atoms with Crippen LogP contribution in [0.2, 0.25) is 5.04 Å². The van der Waals surface area contributed by atoms with E-state index in [0.717, 1.165) is 11.3 Å². The molecule has 188 valence electrons. The molecule has 35 heavy (non-hydrogen) atoms. The molecule has 4 nitrogen and oxygen atoms in total. The van der Waals surface area contributed by atoms with Gasteiger partial charge in [0.25, 0.3) is 8.32 Å². The lowest BCUT2D eigenvalue weighted by Crippen LogP contribution is -2.67. The van der Waals surface area contributed by atoms with Gasteiger partial charge in [-0.25, -0.2) is 0 Å². The third-order valence-electron chi connectivity index (χ3n) is 6.65. The van der Waals surface area contributed by atoms with E-state index in [2.05, 4.69) is 88.4 Å². The Labute approximate surface area is 212 Å². The van der Waals surface area contributed by atoms with E-state index < -0.39 is 8.32 Å². The molecular formula is C30H40O4Si. The SMILES string of the molecule is COc1ccc(CO[C@H](CCO)[C@@H](C)CO[Si](c2ccccc2)(c2ccccc2)C(C)(C)C)cc1. The van der Waals surface area contributed by atoms with Gasteiger partial charge in [0.2, 0.25) is 0 Å². The van der Waals surface area contributed by atoms with Crippen LogP contribution in [0.15, 0.2) is 84.9 Å². The Morgan fingerprint density at radius 3 is 1.83 bits per heavy atom. The minimum absolute atomic E-state index is 0.0775. The third kappa shape index (κ3) is 6.61. The fraction of sp³-hybridized carbons (Fsp3) is 0.400. The molecule has 0 fully saturated rings. The number of hydrogen-bond donors (Lipinski definition) is 1. The first-order chi connectivity index (χ1) is 16.8. The van der Waals surface area contributed by atoms with Gasteiger partial charge in [0, 0.05) is 19.1 Å². The summed E-state index contributed by atoms with van der Waals surface area (Å²) in [5.41, 5.74) is 1.08. The van der Waals surface area contributed by atoms with Crippen LogP contribution in [0.5, 0.6) is 5.75 Å². The Balaban J connectivity index is 1.82. The van der Waals surface area contributed by atoms with Crippen molar-refractivity contribution in [2.24, 2.45) is 5.92 Å². The first-order valence-corrected chi connectivity index (χ1v) is 14.3. The van der Waals surface area contributed by atoms with Crippen molar-refractivity contribution in [1.82, 2.24) is 0 Å². The van der Waals surface area contributed by atoms with Gasteiger partial charge in [0.1, 0.15) is 5.75 Å². The summed E-state index contributed by atoms with van der Waals surface area (Å²) in [6.07, 6.45) is 0.460. The summed E-state index contributed by atoms with van der Waals surface area (Å²) >= 11 is 0. The van der Waals surface area contributed by atoms with Gasteiger partial charge < -0.3 is 19.0 Å². The summed E-state index contributed by atoms with van der Waals surface area (Å²) in [5, 5.41) is 12.2. The highest BCUT2D eigenvalue weighted by Crippen LogP contribution is 2.37. The van der Waals surface area contributed by atoms with Crippen LogP contribution in [0.25, 0.3) is 0 Å². The number of rotatable bonds is 12. The maximum absolute atomic E-state index is 9.74. The Hall–Kier alpha value is -2.44. The van der Waals surface area contributed by atoms with Gasteiger partial charge in [0.05, 0.1) is 19.8 Å². The smallest absolute Gasteiger partial charge is 0.261 e. The lowest BCUT2D eigenvalue weighted by atomic mass is 10.0. The number of hydrogen-bond acceptors (Lipinski definition) is 4. The molecule has 3 rings (SSSR count). The minimum atomic E-state index is -2.61. The van der Waals surface area contributed by atoms with E-state index in [-0.39, 0.29) is 23.7 Å². The molecule has 0 aliphatic carbocycles. The molecule has 0 amide bonds. The number of aliphatic hydroxyl groups is 1. The quantitative estimate of drug-likeness (QED) is 0.354. The maximum Gasteiger partial charge on any atom is 0.261 e. The highest BCUT2D eigenvalue weighted by atomic mass is 28.4. The van der Waals surface area contributed by atoms with Gasteiger partial charge in [-0.2, -0.15) is 0 Å². The first kappa shape index (κ1) is 27.1. The van der Waals surface area contributed by atoms with Gasteiger partial charge in [0.15, 0.2) is 0 Å². The summed E-state index contributed by atoms with van der Waals surface area (Å²) in [6, 6.07) is 29.3. The Morgan fingerprint density at radius 1 is 0.829 bits per heavy atom. The maximum atomic E-state index is 9.74. The molecule has 3 aromatic rings. The van der Waals surface area contributed by atoms with Crippen LogP contribution < -0.4 is 15.1 Å². The van der Waals surface area contributed by atoms with Gasteiger partial charge in [-0.1, -0.05) is 100 Å². The van der Waals surface area contributed by atoms with Crippen molar-refractivity contribution in [3.05, 3.63) is 90.5 Å². The van der Waals surface area contributed by atoms with Gasteiger partial charge in [-0.15, -0.1) is 0 Å². The van der Waals surface area contributed by atoms with Crippen LogP contribution in [0.3, 0.4) is 0 Å². The van der Waals surface area contributed by atoms with Crippen LogP contribution in [-0.4, -0.2) is 39.9 Å². The van der Waals surface area contributed by atoms with Crippen molar-refractivity contribution in [3.8, 4) is 5.75 Å². The standard InChI is InChI=1S/C30H40O4Si/c1-24(29(20-21-31)33-23-25-16-18-26(32-5)19-17-25)22-34-35(30(2,3)4,27-12-8-6-9-13-27)28-14-10-7-11-15-28/h6-19,24,29,31H,20-23H2,1-5H3/t24-,29+/m0/s1. The van der Waals surface area contributed by atoms with Crippen LogP contribution in [0.4, 0.5) is 0 Å². The fourth-order valence-electron chi connectivity index (χ4n) is 4.71. The van der Waals surface area contributed by atoms with E-state index in [0.29, 0.717) is 19.6 Å². The summed E-state index contributed by atoms with van der Waals surface area (Å²) in [7, 11) is -0.947. The monoisotopic (exact) mass is 492 g/mol. The normalized spacial score (nSPS) is 13.9. The van der Waals surface area contributed by atoms with E-state index in [4.69, 9.17) is 13.9 Å². The number of benzene rings is 3. The van der Waals surface area contributed by atoms with Crippen molar-refractivity contribution < 1.29 is 19.0 Å². The Kier molecular flexibility index (Phi) is 9.69. The molecule has 0 aliphatic rings. The molecule has 3 aromatic carbocycles. The van der Waals surface area contributed by atoms with Crippen LogP contribution in [0.1, 0.15) is 39.7 Å². The van der Waals surface area contributed by atoms with Gasteiger partial charge in [-0.3, -0.25) is 0 Å². The Morgan fingerprint density at radius 2 is 1.37 bits per heavy atom. The van der Waals surface area contributed by atoms with Crippen LogP contribution in [-0.2, 0) is 15.8 Å². The topological polar surface area (TPSA) is 47.9 Å². The molecule has 0 spiro atoms. The van der Waals surface area contributed by atoms with E-state index in [9.17, 15) is 5.11 Å². The zero-order chi connectivity index (χ0) is 25.3. The molecule has 5 heteroatoms. The third-order valence-corrected chi connectivity index (χ3v) is 11.7. The van der Waals surface area contributed by atoms with E-state index in [1.807, 2.05) is 24.3 Å². The second kappa shape index (κ2) is 12.5. The molecule has 0 radical (unpaired) electrons. The second-order valence-electron chi connectivity index (χ2n) is 10.2. The molecule has 0 aliphatic heterocycles. The fourth-order valence-corrected chi connectivity index (χ4v) is 9.38. The molecular weight excluding hydrogens is 452 g/mol. The van der Waals surface area contributed by atoms with E-state index >= 15 is 0 Å². The second-order valence-corrected chi connectivity index (χ2v) is 14.5. The minimum Gasteiger partial charge on any atom is -0.497 e. The number of ether oxygens (including phenoxy) is 2. The molecule has 0 saturated heterocycles. The lowest BCUT2D eigenvalue weighted by Gasteiger charge is -2.44. The van der Waals surface area contributed by atoms with Crippen LogP contribution in [0, 0.1) is 5.92 Å². The van der Waals surface area contributed by atoms with E-state index in [1.165, 1.54) is 10.4 Å². The van der Waals surface area contributed by atoms with Crippen molar-refractivity contribution in [3.63, 3.8) is 0 Å².